The van der Waals surface area contributed by atoms with Crippen molar-refractivity contribution in [1.82, 2.24) is 10.0 Å². The zero-order valence-corrected chi connectivity index (χ0v) is 20.6. The van der Waals surface area contributed by atoms with Crippen LogP contribution in [0.25, 0.3) is 0 Å². The van der Waals surface area contributed by atoms with Gasteiger partial charge in [0.25, 0.3) is 5.91 Å². The minimum Gasteiger partial charge on any atom is -0.465 e. The van der Waals surface area contributed by atoms with Gasteiger partial charge in [-0.05, 0) is 55.5 Å². The Morgan fingerprint density at radius 3 is 2.56 bits per heavy atom. The quantitative estimate of drug-likeness (QED) is 0.477. The zero-order valence-electron chi connectivity index (χ0n) is 19.1. The number of aliphatic hydroxyl groups is 1. The van der Waals surface area contributed by atoms with Crippen LogP contribution in [0.4, 0.5) is 0 Å². The van der Waals surface area contributed by atoms with Crippen LogP contribution in [0.5, 0.6) is 0 Å². The van der Waals surface area contributed by atoms with E-state index in [9.17, 15) is 14.4 Å². The highest BCUT2D eigenvalue weighted by atomic mass is 35.5. The number of fused-ring (bicyclic) bond motifs is 1. The van der Waals surface area contributed by atoms with E-state index in [0.29, 0.717) is 39.7 Å². The molecule has 0 aliphatic carbocycles. The molecule has 2 heterocycles. The second-order valence-electron chi connectivity index (χ2n) is 7.94. The minimum absolute atomic E-state index is 0.253. The second-order valence-corrected chi connectivity index (χ2v) is 8.78. The Bertz CT molecular complexity index is 1050. The summed E-state index contributed by atoms with van der Waals surface area (Å²) >= 11 is 12.7. The van der Waals surface area contributed by atoms with Crippen molar-refractivity contribution in [3.63, 3.8) is 0 Å². The molecule has 3 atom stereocenters. The summed E-state index contributed by atoms with van der Waals surface area (Å²) in [6.07, 6.45) is 3.07. The molecule has 7 nitrogen and oxygen atoms in total. The number of hydrogen-bond acceptors (Lipinski definition) is 6. The lowest BCUT2D eigenvalue weighted by Gasteiger charge is -2.49. The molecular formula is C25H28Cl2N2O5. The Balaban J connectivity index is 0.00000158. The minimum atomic E-state index is -0.713. The normalized spacial score (nSPS) is 22.3. The molecule has 182 valence electrons. The highest BCUT2D eigenvalue weighted by Crippen LogP contribution is 2.45. The number of benzene rings is 2. The smallest absolute Gasteiger partial charge is 0.325 e. The summed E-state index contributed by atoms with van der Waals surface area (Å²) in [5.41, 5.74) is 1.69. The largest absolute Gasteiger partial charge is 0.465 e. The molecule has 2 aromatic carbocycles. The maximum atomic E-state index is 13.8. The topological polar surface area (TPSA) is 87.2 Å². The summed E-state index contributed by atoms with van der Waals surface area (Å²) in [6.45, 7) is 2.50. The van der Waals surface area contributed by atoms with Gasteiger partial charge in [0.05, 0.1) is 18.6 Å². The predicted molar refractivity (Wildman–Crippen MR) is 130 cm³/mol. The SMILES string of the molecule is CCOC(=O)C1CCCCN1N1C(=O)c2ccccc2C(C=O)C1c1ccc(Cl)cc1Cl.CO. The first-order chi connectivity index (χ1) is 16.5. The summed E-state index contributed by atoms with van der Waals surface area (Å²) < 4.78 is 5.31. The van der Waals surface area contributed by atoms with Crippen molar-refractivity contribution in [2.45, 2.75) is 44.2 Å². The van der Waals surface area contributed by atoms with Gasteiger partial charge in [0.15, 0.2) is 0 Å². The Morgan fingerprint density at radius 2 is 1.88 bits per heavy atom. The maximum absolute atomic E-state index is 13.8. The number of aliphatic hydroxyl groups excluding tert-OH is 1. The van der Waals surface area contributed by atoms with Crippen LogP contribution in [-0.2, 0) is 14.3 Å². The number of aldehydes is 1. The Morgan fingerprint density at radius 1 is 1.15 bits per heavy atom. The molecule has 2 aromatic rings. The van der Waals surface area contributed by atoms with Crippen molar-refractivity contribution in [3.8, 4) is 0 Å². The monoisotopic (exact) mass is 506 g/mol. The number of esters is 1. The average Bonchev–Trinajstić information content (AvgIpc) is 2.86. The number of hydrogen-bond donors (Lipinski definition) is 1. The molecule has 2 aliphatic heterocycles. The van der Waals surface area contributed by atoms with Crippen molar-refractivity contribution in [2.24, 2.45) is 0 Å². The third-order valence-corrected chi connectivity index (χ3v) is 6.66. The summed E-state index contributed by atoms with van der Waals surface area (Å²) in [4.78, 5) is 39.0. The van der Waals surface area contributed by atoms with Crippen LogP contribution in [0.2, 0.25) is 10.0 Å². The second kappa shape index (κ2) is 11.8. The first-order valence-corrected chi connectivity index (χ1v) is 11.9. The lowest BCUT2D eigenvalue weighted by atomic mass is 9.81. The molecule has 4 rings (SSSR count). The van der Waals surface area contributed by atoms with Crippen LogP contribution < -0.4 is 0 Å². The van der Waals surface area contributed by atoms with Gasteiger partial charge < -0.3 is 14.6 Å². The number of rotatable bonds is 5. The Labute approximate surface area is 209 Å². The van der Waals surface area contributed by atoms with Gasteiger partial charge in [-0.25, -0.2) is 5.01 Å². The molecule has 0 saturated carbocycles. The van der Waals surface area contributed by atoms with Crippen molar-refractivity contribution in [2.75, 3.05) is 20.3 Å². The molecule has 9 heteroatoms. The summed E-state index contributed by atoms with van der Waals surface area (Å²) in [5, 5.41) is 11.1. The molecule has 1 amide bonds. The van der Waals surface area contributed by atoms with Gasteiger partial charge in [-0.1, -0.05) is 47.5 Å². The van der Waals surface area contributed by atoms with Gasteiger partial charge >= 0.3 is 5.97 Å². The number of piperidine rings is 1. The molecule has 1 N–H and O–H groups in total. The van der Waals surface area contributed by atoms with Crippen LogP contribution in [0.3, 0.4) is 0 Å². The van der Waals surface area contributed by atoms with E-state index in [4.69, 9.17) is 33.0 Å². The van der Waals surface area contributed by atoms with E-state index < -0.39 is 18.0 Å². The highest BCUT2D eigenvalue weighted by molar-refractivity contribution is 6.35. The van der Waals surface area contributed by atoms with Crippen LogP contribution >= 0.6 is 23.2 Å². The highest BCUT2D eigenvalue weighted by Gasteiger charge is 2.47. The van der Waals surface area contributed by atoms with Crippen molar-refractivity contribution in [3.05, 3.63) is 69.2 Å². The molecule has 3 unspecified atom stereocenters. The number of amides is 1. The third kappa shape index (κ3) is 4.98. The third-order valence-electron chi connectivity index (χ3n) is 6.10. The van der Waals surface area contributed by atoms with Gasteiger partial charge in [0.1, 0.15) is 12.3 Å². The fraction of sp³-hybridized carbons (Fsp3) is 0.400. The molecule has 2 aliphatic rings. The summed E-state index contributed by atoms with van der Waals surface area (Å²) in [6, 6.07) is 10.8. The molecule has 0 bridgehead atoms. The van der Waals surface area contributed by atoms with E-state index in [-0.39, 0.29) is 18.5 Å². The summed E-state index contributed by atoms with van der Waals surface area (Å²) in [7, 11) is 1.00. The van der Waals surface area contributed by atoms with Crippen LogP contribution in [0, 0.1) is 0 Å². The molecule has 1 saturated heterocycles. The van der Waals surface area contributed by atoms with E-state index in [0.717, 1.165) is 26.2 Å². The zero-order chi connectivity index (χ0) is 24.8. The number of nitrogens with zero attached hydrogens (tertiary/aromatic N) is 2. The summed E-state index contributed by atoms with van der Waals surface area (Å²) in [5.74, 6) is -1.30. The number of halogens is 2. The fourth-order valence-electron chi connectivity index (χ4n) is 4.70. The van der Waals surface area contributed by atoms with Gasteiger partial charge in [-0.2, -0.15) is 0 Å². The molecule has 1 fully saturated rings. The van der Waals surface area contributed by atoms with Crippen LogP contribution in [0.15, 0.2) is 42.5 Å². The molecule has 0 radical (unpaired) electrons. The number of carbonyl (C=O) groups excluding carboxylic acids is 3. The molecule has 34 heavy (non-hydrogen) atoms. The van der Waals surface area contributed by atoms with E-state index in [1.807, 2.05) is 0 Å². The van der Waals surface area contributed by atoms with Gasteiger partial charge in [-0.3, -0.25) is 14.6 Å². The lowest BCUT2D eigenvalue weighted by molar-refractivity contribution is -0.163. The fourth-order valence-corrected chi connectivity index (χ4v) is 5.22. The number of ether oxygens (including phenoxy) is 1. The molecule has 0 spiro atoms. The molecule has 0 aromatic heterocycles. The van der Waals surface area contributed by atoms with Crippen molar-refractivity contribution >= 4 is 41.4 Å². The number of hydrazine groups is 1. The first-order valence-electron chi connectivity index (χ1n) is 11.2. The van der Waals surface area contributed by atoms with Gasteiger partial charge in [0.2, 0.25) is 0 Å². The Kier molecular flexibility index (Phi) is 9.08. The van der Waals surface area contributed by atoms with Crippen LogP contribution in [0.1, 0.15) is 59.6 Å². The molecular weight excluding hydrogens is 479 g/mol. The van der Waals surface area contributed by atoms with Crippen LogP contribution in [-0.4, -0.2) is 59.6 Å². The predicted octanol–water partition coefficient (Wildman–Crippen LogP) is 4.41. The van der Waals surface area contributed by atoms with Gasteiger partial charge in [-0.15, -0.1) is 0 Å². The average molecular weight is 507 g/mol. The Hall–Kier alpha value is -2.45. The van der Waals surface area contributed by atoms with Crippen molar-refractivity contribution in [1.29, 1.82) is 0 Å². The van der Waals surface area contributed by atoms with Gasteiger partial charge in [0, 0.05) is 29.3 Å². The number of carbonyl (C=O) groups is 3. The van der Waals surface area contributed by atoms with E-state index in [1.54, 1.807) is 59.4 Å². The van der Waals surface area contributed by atoms with E-state index >= 15 is 0 Å². The lowest BCUT2D eigenvalue weighted by Crippen LogP contribution is -2.60. The van der Waals surface area contributed by atoms with Crippen molar-refractivity contribution < 1.29 is 24.2 Å². The van der Waals surface area contributed by atoms with E-state index in [2.05, 4.69) is 0 Å². The first kappa shape index (κ1) is 26.2. The maximum Gasteiger partial charge on any atom is 0.325 e. The standard InChI is InChI=1S/C24H24Cl2N2O4.CH4O/c1-2-32-24(31)21-9-5-6-12-27(21)28-22(18-11-10-15(25)13-20(18)26)19(14-29)16-7-3-4-8-17(16)23(28)30;1-2/h3-4,7-8,10-11,13-14,19,21-22H,2,5-6,9,12H2,1H3;2H,1H3. The van der Waals surface area contributed by atoms with E-state index in [1.165, 1.54) is 0 Å².